The SMILES string of the molecule is C=C(N)CC1CC(C)C1. The average Bonchev–Trinajstić information content (AvgIpc) is 1.60. The Hall–Kier alpha value is -0.460. The normalized spacial score (nSPS) is 33.4. The summed E-state index contributed by atoms with van der Waals surface area (Å²) in [5, 5.41) is 0. The summed E-state index contributed by atoms with van der Waals surface area (Å²) in [5.74, 6) is 1.80. The van der Waals surface area contributed by atoms with Crippen molar-refractivity contribution in [2.75, 3.05) is 0 Å². The molecular formula is C8H15N. The van der Waals surface area contributed by atoms with Crippen LogP contribution < -0.4 is 5.73 Å². The molecule has 0 radical (unpaired) electrons. The van der Waals surface area contributed by atoms with Crippen LogP contribution >= 0.6 is 0 Å². The van der Waals surface area contributed by atoms with Gasteiger partial charge in [-0.1, -0.05) is 13.5 Å². The molecule has 1 aliphatic carbocycles. The summed E-state index contributed by atoms with van der Waals surface area (Å²) in [6.45, 7) is 5.97. The topological polar surface area (TPSA) is 26.0 Å². The van der Waals surface area contributed by atoms with Gasteiger partial charge in [0.25, 0.3) is 0 Å². The minimum atomic E-state index is 0.854. The van der Waals surface area contributed by atoms with Crippen molar-refractivity contribution in [2.45, 2.75) is 26.2 Å². The van der Waals surface area contributed by atoms with Gasteiger partial charge in [-0.2, -0.15) is 0 Å². The molecule has 0 bridgehead atoms. The summed E-state index contributed by atoms with van der Waals surface area (Å²) >= 11 is 0. The molecule has 0 unspecified atom stereocenters. The molecule has 0 aliphatic heterocycles. The minimum absolute atomic E-state index is 0.854. The first-order chi connectivity index (χ1) is 4.18. The van der Waals surface area contributed by atoms with Gasteiger partial charge < -0.3 is 5.73 Å². The Morgan fingerprint density at radius 2 is 2.22 bits per heavy atom. The number of nitrogens with two attached hydrogens (primary N) is 1. The second-order valence-corrected chi connectivity index (χ2v) is 3.30. The smallest absolute Gasteiger partial charge is 0.00102 e. The Kier molecular flexibility index (Phi) is 1.79. The van der Waals surface area contributed by atoms with E-state index >= 15 is 0 Å². The van der Waals surface area contributed by atoms with Gasteiger partial charge in [-0.05, 0) is 31.1 Å². The van der Waals surface area contributed by atoms with Crippen LogP contribution in [0, 0.1) is 11.8 Å². The highest BCUT2D eigenvalue weighted by molar-refractivity contribution is 4.92. The van der Waals surface area contributed by atoms with E-state index in [-0.39, 0.29) is 0 Å². The fourth-order valence-corrected chi connectivity index (χ4v) is 1.61. The fraction of sp³-hybridized carbons (Fsp3) is 0.750. The van der Waals surface area contributed by atoms with Crippen molar-refractivity contribution in [2.24, 2.45) is 17.6 Å². The van der Waals surface area contributed by atoms with Crippen LogP contribution in [0.25, 0.3) is 0 Å². The summed E-state index contributed by atoms with van der Waals surface area (Å²) < 4.78 is 0. The Morgan fingerprint density at radius 1 is 1.67 bits per heavy atom. The van der Waals surface area contributed by atoms with Gasteiger partial charge >= 0.3 is 0 Å². The van der Waals surface area contributed by atoms with Gasteiger partial charge in [0.15, 0.2) is 0 Å². The molecular weight excluding hydrogens is 110 g/mol. The van der Waals surface area contributed by atoms with Gasteiger partial charge in [-0.15, -0.1) is 0 Å². The Labute approximate surface area is 56.9 Å². The maximum Gasteiger partial charge on any atom is 0.00102 e. The minimum Gasteiger partial charge on any atom is -0.403 e. The maximum atomic E-state index is 5.45. The van der Waals surface area contributed by atoms with Crippen molar-refractivity contribution in [3.63, 3.8) is 0 Å². The molecule has 9 heavy (non-hydrogen) atoms. The van der Waals surface area contributed by atoms with Gasteiger partial charge in [-0.25, -0.2) is 0 Å². The molecule has 0 saturated heterocycles. The van der Waals surface area contributed by atoms with Crippen molar-refractivity contribution >= 4 is 0 Å². The lowest BCUT2D eigenvalue weighted by atomic mass is 9.74. The molecule has 0 aromatic carbocycles. The Balaban J connectivity index is 2.11. The van der Waals surface area contributed by atoms with E-state index < -0.39 is 0 Å². The summed E-state index contributed by atoms with van der Waals surface area (Å²) in [4.78, 5) is 0. The monoisotopic (exact) mass is 125 g/mol. The number of rotatable bonds is 2. The highest BCUT2D eigenvalue weighted by atomic mass is 14.6. The number of allylic oxidation sites excluding steroid dienone is 1. The largest absolute Gasteiger partial charge is 0.403 e. The first-order valence-corrected chi connectivity index (χ1v) is 3.61. The van der Waals surface area contributed by atoms with Crippen LogP contribution in [0.15, 0.2) is 12.3 Å². The number of hydrogen-bond acceptors (Lipinski definition) is 1. The first-order valence-electron chi connectivity index (χ1n) is 3.61. The molecule has 0 amide bonds. The quantitative estimate of drug-likeness (QED) is 0.599. The van der Waals surface area contributed by atoms with Crippen LogP contribution in [-0.2, 0) is 0 Å². The summed E-state index contributed by atoms with van der Waals surface area (Å²) in [6.07, 6.45) is 3.76. The summed E-state index contributed by atoms with van der Waals surface area (Å²) in [5.41, 5.74) is 6.31. The maximum absolute atomic E-state index is 5.45. The lowest BCUT2D eigenvalue weighted by molar-refractivity contribution is 0.211. The van der Waals surface area contributed by atoms with E-state index in [1.165, 1.54) is 12.8 Å². The van der Waals surface area contributed by atoms with Crippen molar-refractivity contribution in [1.29, 1.82) is 0 Å². The third kappa shape index (κ3) is 1.74. The molecule has 0 heterocycles. The van der Waals surface area contributed by atoms with Gasteiger partial charge in [-0.3, -0.25) is 0 Å². The van der Waals surface area contributed by atoms with E-state index in [1.54, 1.807) is 0 Å². The summed E-state index contributed by atoms with van der Waals surface area (Å²) in [7, 11) is 0. The first kappa shape index (κ1) is 6.66. The van der Waals surface area contributed by atoms with Gasteiger partial charge in [0.1, 0.15) is 0 Å². The lowest BCUT2D eigenvalue weighted by Gasteiger charge is -2.32. The zero-order valence-corrected chi connectivity index (χ0v) is 6.06. The third-order valence-corrected chi connectivity index (χ3v) is 2.02. The predicted octanol–water partition coefficient (Wildman–Crippen LogP) is 1.90. The van der Waals surface area contributed by atoms with Crippen LogP contribution in [0.1, 0.15) is 26.2 Å². The lowest BCUT2D eigenvalue weighted by Crippen LogP contribution is -2.22. The zero-order chi connectivity index (χ0) is 6.85. The fourth-order valence-electron chi connectivity index (χ4n) is 1.61. The van der Waals surface area contributed by atoms with Gasteiger partial charge in [0.2, 0.25) is 0 Å². The standard InChI is InChI=1S/C8H15N/c1-6-3-8(4-6)5-7(2)9/h6,8H,2-5,9H2,1H3. The molecule has 1 rings (SSSR count). The van der Waals surface area contributed by atoms with E-state index in [1.807, 2.05) is 0 Å². The van der Waals surface area contributed by atoms with E-state index in [2.05, 4.69) is 13.5 Å². The van der Waals surface area contributed by atoms with Gasteiger partial charge in [0, 0.05) is 5.70 Å². The molecule has 1 saturated carbocycles. The van der Waals surface area contributed by atoms with Crippen LogP contribution in [0.3, 0.4) is 0 Å². The second kappa shape index (κ2) is 2.42. The highest BCUT2D eigenvalue weighted by Crippen LogP contribution is 2.36. The molecule has 2 N–H and O–H groups in total. The van der Waals surface area contributed by atoms with Crippen molar-refractivity contribution in [1.82, 2.24) is 0 Å². The molecule has 1 nitrogen and oxygen atoms in total. The second-order valence-electron chi connectivity index (χ2n) is 3.30. The third-order valence-electron chi connectivity index (χ3n) is 2.02. The van der Waals surface area contributed by atoms with Crippen LogP contribution in [0.4, 0.5) is 0 Å². The predicted molar refractivity (Wildman–Crippen MR) is 39.8 cm³/mol. The number of hydrogen-bond donors (Lipinski definition) is 1. The van der Waals surface area contributed by atoms with E-state index in [9.17, 15) is 0 Å². The van der Waals surface area contributed by atoms with Crippen molar-refractivity contribution in [3.8, 4) is 0 Å². The van der Waals surface area contributed by atoms with E-state index in [4.69, 9.17) is 5.73 Å². The van der Waals surface area contributed by atoms with Crippen LogP contribution in [-0.4, -0.2) is 0 Å². The highest BCUT2D eigenvalue weighted by Gasteiger charge is 2.24. The molecule has 1 aliphatic rings. The zero-order valence-electron chi connectivity index (χ0n) is 6.06. The van der Waals surface area contributed by atoms with E-state index in [0.29, 0.717) is 0 Å². The van der Waals surface area contributed by atoms with E-state index in [0.717, 1.165) is 24.0 Å². The molecule has 1 heteroatoms. The van der Waals surface area contributed by atoms with Crippen molar-refractivity contribution < 1.29 is 0 Å². The average molecular weight is 125 g/mol. The molecule has 0 aromatic heterocycles. The van der Waals surface area contributed by atoms with Crippen LogP contribution in [0.5, 0.6) is 0 Å². The molecule has 1 fully saturated rings. The Bertz CT molecular complexity index is 112. The molecule has 52 valence electrons. The molecule has 0 spiro atoms. The van der Waals surface area contributed by atoms with Gasteiger partial charge in [0.05, 0.1) is 0 Å². The molecule has 0 aromatic rings. The Morgan fingerprint density at radius 3 is 2.56 bits per heavy atom. The van der Waals surface area contributed by atoms with Crippen molar-refractivity contribution in [3.05, 3.63) is 12.3 Å². The van der Waals surface area contributed by atoms with Crippen LogP contribution in [0.2, 0.25) is 0 Å². The summed E-state index contributed by atoms with van der Waals surface area (Å²) in [6, 6.07) is 0. The molecule has 0 atom stereocenters.